The number of benzene rings is 2. The lowest BCUT2D eigenvalue weighted by Gasteiger charge is -2.34. The third-order valence-electron chi connectivity index (χ3n) is 6.89. The van der Waals surface area contributed by atoms with Crippen molar-refractivity contribution in [3.8, 4) is 0 Å². The molecule has 4 heterocycles. The van der Waals surface area contributed by atoms with Gasteiger partial charge in [-0.25, -0.2) is 14.5 Å². The van der Waals surface area contributed by atoms with Gasteiger partial charge in [-0.2, -0.15) is 5.10 Å². The maximum Gasteiger partial charge on any atom is 0.199 e. The molecule has 0 atom stereocenters. The zero-order valence-electron chi connectivity index (χ0n) is 20.7. The van der Waals surface area contributed by atoms with Gasteiger partial charge in [0.1, 0.15) is 6.33 Å². The van der Waals surface area contributed by atoms with Crippen molar-refractivity contribution < 1.29 is 4.79 Å². The number of likely N-dealkylation sites (N-methyl/N-ethyl adjacent to an activating group) is 1. The molecule has 9 nitrogen and oxygen atoms in total. The summed E-state index contributed by atoms with van der Waals surface area (Å²) in [7, 11) is 2.16. The Morgan fingerprint density at radius 1 is 0.973 bits per heavy atom. The number of anilines is 3. The molecule has 0 radical (unpaired) electrons. The van der Waals surface area contributed by atoms with Crippen molar-refractivity contribution in [2.75, 3.05) is 50.0 Å². The van der Waals surface area contributed by atoms with Crippen LogP contribution in [0.3, 0.4) is 0 Å². The highest BCUT2D eigenvalue weighted by Crippen LogP contribution is 2.23. The second-order valence-corrected chi connectivity index (χ2v) is 9.40. The van der Waals surface area contributed by atoms with E-state index in [0.717, 1.165) is 48.7 Å². The molecule has 0 unspecified atom stereocenters. The quantitative estimate of drug-likeness (QED) is 0.395. The van der Waals surface area contributed by atoms with E-state index in [-0.39, 0.29) is 5.78 Å². The van der Waals surface area contributed by atoms with Gasteiger partial charge in [0.15, 0.2) is 17.2 Å². The smallest absolute Gasteiger partial charge is 0.199 e. The van der Waals surface area contributed by atoms with E-state index < -0.39 is 0 Å². The molecule has 186 valence electrons. The van der Waals surface area contributed by atoms with Crippen LogP contribution >= 0.6 is 0 Å². The number of hydrogen-bond acceptors (Lipinski definition) is 8. The summed E-state index contributed by atoms with van der Waals surface area (Å²) in [6.07, 6.45) is 7.50. The van der Waals surface area contributed by atoms with Gasteiger partial charge in [0.05, 0.1) is 18.4 Å². The van der Waals surface area contributed by atoms with Crippen molar-refractivity contribution in [3.05, 3.63) is 84.0 Å². The molecule has 0 saturated carbocycles. The molecule has 0 bridgehead atoms. The SMILES string of the molecule is CN1CCN(c2ccc(CC(=O)c3ccc(Nc4ncc(C5=CCN=C5)n5ncnc45)cc3)cc2)CC1. The Bertz CT molecular complexity index is 1480. The Labute approximate surface area is 215 Å². The number of Topliss-reactive ketones (excluding diaryl/α,β-unsaturated/α-hetero) is 1. The summed E-state index contributed by atoms with van der Waals surface area (Å²) >= 11 is 0. The third kappa shape index (κ3) is 4.85. The molecule has 37 heavy (non-hydrogen) atoms. The van der Waals surface area contributed by atoms with Crippen molar-refractivity contribution >= 4 is 40.4 Å². The van der Waals surface area contributed by atoms with Crippen LogP contribution in [0.15, 0.2) is 72.1 Å². The normalized spacial score (nSPS) is 15.8. The Morgan fingerprint density at radius 2 is 1.76 bits per heavy atom. The average molecular weight is 493 g/mol. The summed E-state index contributed by atoms with van der Waals surface area (Å²) in [6, 6.07) is 15.8. The Morgan fingerprint density at radius 3 is 2.49 bits per heavy atom. The van der Waals surface area contributed by atoms with Crippen molar-refractivity contribution in [2.24, 2.45) is 4.99 Å². The number of aliphatic imine (C=N–C) groups is 1. The van der Waals surface area contributed by atoms with Crippen LogP contribution in [0.25, 0.3) is 11.2 Å². The number of piperazine rings is 1. The molecule has 0 amide bonds. The molecule has 1 N–H and O–H groups in total. The van der Waals surface area contributed by atoms with Crippen LogP contribution < -0.4 is 10.2 Å². The van der Waals surface area contributed by atoms with Gasteiger partial charge >= 0.3 is 0 Å². The van der Waals surface area contributed by atoms with E-state index in [2.05, 4.69) is 66.5 Å². The number of nitrogens with one attached hydrogen (secondary N) is 1. The number of ketones is 1. The lowest BCUT2D eigenvalue weighted by Crippen LogP contribution is -2.44. The second kappa shape index (κ2) is 9.94. The maximum atomic E-state index is 12.9. The second-order valence-electron chi connectivity index (χ2n) is 9.40. The molecule has 2 aliphatic heterocycles. The summed E-state index contributed by atoms with van der Waals surface area (Å²) < 4.78 is 1.76. The van der Waals surface area contributed by atoms with E-state index in [1.54, 1.807) is 10.7 Å². The minimum absolute atomic E-state index is 0.0905. The highest BCUT2D eigenvalue weighted by atomic mass is 16.1. The third-order valence-corrected chi connectivity index (χ3v) is 6.89. The number of fused-ring (bicyclic) bond motifs is 1. The zero-order valence-corrected chi connectivity index (χ0v) is 20.7. The minimum Gasteiger partial charge on any atom is -0.369 e. The minimum atomic E-state index is 0.0905. The average Bonchev–Trinajstić information content (AvgIpc) is 3.64. The van der Waals surface area contributed by atoms with Crippen LogP contribution in [0.5, 0.6) is 0 Å². The van der Waals surface area contributed by atoms with Gasteiger partial charge in [0, 0.05) is 61.3 Å². The Balaban J connectivity index is 1.11. The Kier molecular flexibility index (Phi) is 6.20. The molecule has 2 aliphatic rings. The number of aromatic nitrogens is 4. The van der Waals surface area contributed by atoms with Crippen LogP contribution in [0.1, 0.15) is 21.6 Å². The molecule has 0 aliphatic carbocycles. The van der Waals surface area contributed by atoms with E-state index in [9.17, 15) is 4.79 Å². The molecule has 1 saturated heterocycles. The summed E-state index contributed by atoms with van der Waals surface area (Å²) in [5.74, 6) is 0.684. The zero-order chi connectivity index (χ0) is 25.2. The van der Waals surface area contributed by atoms with Crippen LogP contribution in [0.2, 0.25) is 0 Å². The van der Waals surface area contributed by atoms with Crippen molar-refractivity contribution in [1.82, 2.24) is 24.5 Å². The molecule has 4 aromatic rings. The topological polar surface area (TPSA) is 91.0 Å². The molecule has 2 aromatic heterocycles. The lowest BCUT2D eigenvalue weighted by molar-refractivity contribution is 0.0993. The van der Waals surface area contributed by atoms with Gasteiger partial charge in [0.2, 0.25) is 0 Å². The standard InChI is InChI=1S/C28H28N8O/c1-34-12-14-35(15-13-34)24-8-2-20(3-9-24)16-26(37)21-4-6-23(7-5-21)33-27-28-31-19-32-36(28)25(18-30-27)22-10-11-29-17-22/h2-10,17-19H,11-16H2,1H3,(H,30,33). The summed E-state index contributed by atoms with van der Waals surface area (Å²) in [5, 5.41) is 7.65. The largest absolute Gasteiger partial charge is 0.369 e. The molecular formula is C28H28N8O. The first-order chi connectivity index (χ1) is 18.1. The van der Waals surface area contributed by atoms with Crippen LogP contribution in [0, 0.1) is 0 Å². The highest BCUT2D eigenvalue weighted by Gasteiger charge is 2.16. The van der Waals surface area contributed by atoms with Gasteiger partial charge in [-0.3, -0.25) is 9.79 Å². The summed E-state index contributed by atoms with van der Waals surface area (Å²) in [4.78, 5) is 30.8. The van der Waals surface area contributed by atoms with Crippen LogP contribution in [0.4, 0.5) is 17.2 Å². The van der Waals surface area contributed by atoms with E-state index in [0.29, 0.717) is 30.0 Å². The molecule has 2 aromatic carbocycles. The fourth-order valence-electron chi connectivity index (χ4n) is 4.68. The van der Waals surface area contributed by atoms with E-state index >= 15 is 0 Å². The fraction of sp³-hybridized carbons (Fsp3) is 0.250. The number of hydrogen-bond donors (Lipinski definition) is 1. The molecule has 0 spiro atoms. The number of allylic oxidation sites excluding steroid dienone is 1. The summed E-state index contributed by atoms with van der Waals surface area (Å²) in [5.41, 5.74) is 6.18. The number of nitrogens with zero attached hydrogens (tertiary/aromatic N) is 7. The van der Waals surface area contributed by atoms with Crippen molar-refractivity contribution in [2.45, 2.75) is 6.42 Å². The fourth-order valence-corrected chi connectivity index (χ4v) is 4.68. The summed E-state index contributed by atoms with van der Waals surface area (Å²) in [6.45, 7) is 4.88. The van der Waals surface area contributed by atoms with E-state index in [1.165, 1.54) is 12.0 Å². The van der Waals surface area contributed by atoms with Crippen LogP contribution in [-0.2, 0) is 6.42 Å². The van der Waals surface area contributed by atoms with E-state index in [4.69, 9.17) is 0 Å². The monoisotopic (exact) mass is 492 g/mol. The van der Waals surface area contributed by atoms with E-state index in [1.807, 2.05) is 36.6 Å². The number of carbonyl (C=O) groups excluding carboxylic acids is 1. The predicted molar refractivity (Wildman–Crippen MR) is 146 cm³/mol. The van der Waals surface area contributed by atoms with Crippen molar-refractivity contribution in [3.63, 3.8) is 0 Å². The van der Waals surface area contributed by atoms with Gasteiger partial charge in [-0.05, 0) is 49.0 Å². The number of carbonyl (C=O) groups is 1. The lowest BCUT2D eigenvalue weighted by atomic mass is 10.0. The molecule has 6 rings (SSSR count). The predicted octanol–water partition coefficient (Wildman–Crippen LogP) is 3.51. The van der Waals surface area contributed by atoms with Crippen LogP contribution in [-0.4, -0.2) is 76.3 Å². The first kappa shape index (κ1) is 23.1. The molecule has 1 fully saturated rings. The Hall–Kier alpha value is -4.37. The molecular weight excluding hydrogens is 464 g/mol. The van der Waals surface area contributed by atoms with Crippen molar-refractivity contribution in [1.29, 1.82) is 0 Å². The van der Waals surface area contributed by atoms with Gasteiger partial charge < -0.3 is 15.1 Å². The first-order valence-electron chi connectivity index (χ1n) is 12.5. The molecule has 9 heteroatoms. The first-order valence-corrected chi connectivity index (χ1v) is 12.5. The number of rotatable bonds is 7. The van der Waals surface area contributed by atoms with Gasteiger partial charge in [0.25, 0.3) is 0 Å². The maximum absolute atomic E-state index is 12.9. The van der Waals surface area contributed by atoms with Gasteiger partial charge in [-0.1, -0.05) is 18.2 Å². The van der Waals surface area contributed by atoms with Gasteiger partial charge in [-0.15, -0.1) is 0 Å². The highest BCUT2D eigenvalue weighted by molar-refractivity contribution is 6.11.